The number of halogens is 3. The number of aromatic nitrogens is 3. The Hall–Kier alpha value is -4.14. The summed E-state index contributed by atoms with van der Waals surface area (Å²) in [5.74, 6) is 1.77. The van der Waals surface area contributed by atoms with E-state index in [2.05, 4.69) is 33.0 Å². The van der Waals surface area contributed by atoms with Gasteiger partial charge in [-0.05, 0) is 31.3 Å². The topological polar surface area (TPSA) is 75.6 Å². The number of piperazine rings is 1. The predicted molar refractivity (Wildman–Crippen MR) is 158 cm³/mol. The Morgan fingerprint density at radius 3 is 2.77 bits per heavy atom. The zero-order valence-electron chi connectivity index (χ0n) is 23.9. The van der Waals surface area contributed by atoms with Crippen molar-refractivity contribution >= 4 is 27.5 Å². The SMILES string of the molecule is C#Cc1c(F)ccc2cccc(-c3nc4c5c(nc(OC[C@@H]6C[C@@H](F)CN6C)nc5c3F)N3C[C@@H](CC)NC[C@H]3CO4)c12. The second kappa shape index (κ2) is 10.8. The van der Waals surface area contributed by atoms with Gasteiger partial charge in [0.05, 0.1) is 11.6 Å². The Balaban J connectivity index is 1.43. The summed E-state index contributed by atoms with van der Waals surface area (Å²) < 4.78 is 57.9. The molecule has 3 aliphatic rings. The van der Waals surface area contributed by atoms with Crippen LogP contribution >= 0.6 is 0 Å². The number of likely N-dealkylation sites (N-methyl/N-ethyl adjacent to an activating group) is 1. The van der Waals surface area contributed by atoms with Crippen molar-refractivity contribution in [3.8, 4) is 35.5 Å². The minimum atomic E-state index is -0.933. The predicted octanol–water partition coefficient (Wildman–Crippen LogP) is 4.47. The number of terminal acetylenes is 1. The van der Waals surface area contributed by atoms with Gasteiger partial charge in [0.25, 0.3) is 0 Å². The summed E-state index contributed by atoms with van der Waals surface area (Å²) >= 11 is 0. The molecule has 3 aliphatic heterocycles. The van der Waals surface area contributed by atoms with Crippen molar-refractivity contribution < 1.29 is 22.6 Å². The molecule has 8 nitrogen and oxygen atoms in total. The highest BCUT2D eigenvalue weighted by molar-refractivity contribution is 6.03. The third-order valence-electron chi connectivity index (χ3n) is 8.83. The summed E-state index contributed by atoms with van der Waals surface area (Å²) in [5, 5.41) is 4.91. The molecule has 4 aromatic rings. The van der Waals surface area contributed by atoms with Crippen molar-refractivity contribution in [3.63, 3.8) is 0 Å². The maximum Gasteiger partial charge on any atom is 0.319 e. The fraction of sp³-hybridized carbons (Fsp3) is 0.406. The van der Waals surface area contributed by atoms with Gasteiger partial charge < -0.3 is 19.7 Å². The maximum absolute atomic E-state index is 16.8. The van der Waals surface area contributed by atoms with Crippen LogP contribution < -0.4 is 19.7 Å². The molecule has 0 amide bonds. The first-order chi connectivity index (χ1) is 20.9. The van der Waals surface area contributed by atoms with Crippen LogP contribution in [0.5, 0.6) is 11.9 Å². The molecule has 0 aliphatic carbocycles. The van der Waals surface area contributed by atoms with Crippen LogP contribution in [0.1, 0.15) is 25.3 Å². The van der Waals surface area contributed by atoms with Crippen molar-refractivity contribution in [1.82, 2.24) is 25.2 Å². The lowest BCUT2D eigenvalue weighted by Gasteiger charge is -2.39. The van der Waals surface area contributed by atoms with E-state index < -0.39 is 17.8 Å². The molecule has 0 saturated carbocycles. The number of alkyl halides is 1. The summed E-state index contributed by atoms with van der Waals surface area (Å²) in [7, 11) is 1.84. The van der Waals surface area contributed by atoms with Crippen LogP contribution in [0, 0.1) is 24.0 Å². The molecule has 0 spiro atoms. The summed E-state index contributed by atoms with van der Waals surface area (Å²) in [6, 6.07) is 8.02. The van der Waals surface area contributed by atoms with Crippen LogP contribution in [0.25, 0.3) is 32.9 Å². The average Bonchev–Trinajstić information content (AvgIpc) is 3.26. The van der Waals surface area contributed by atoms with Crippen LogP contribution in [0.3, 0.4) is 0 Å². The molecule has 43 heavy (non-hydrogen) atoms. The highest BCUT2D eigenvalue weighted by atomic mass is 19.1. The Labute approximate surface area is 247 Å². The number of rotatable bonds is 5. The number of ether oxygens (including phenoxy) is 2. The lowest BCUT2D eigenvalue weighted by atomic mass is 9.96. The largest absolute Gasteiger partial charge is 0.475 e. The molecule has 2 fully saturated rings. The zero-order chi connectivity index (χ0) is 29.8. The van der Waals surface area contributed by atoms with Crippen molar-refractivity contribution in [2.45, 2.75) is 44.1 Å². The van der Waals surface area contributed by atoms with Crippen LogP contribution in [0.2, 0.25) is 0 Å². The molecule has 5 heterocycles. The van der Waals surface area contributed by atoms with E-state index in [1.165, 1.54) is 6.07 Å². The molecular weight excluding hydrogens is 557 g/mol. The first kappa shape index (κ1) is 27.7. The minimum absolute atomic E-state index is 0.0132. The number of pyridine rings is 1. The van der Waals surface area contributed by atoms with Crippen molar-refractivity contribution in [3.05, 3.63) is 47.5 Å². The van der Waals surface area contributed by atoms with Crippen LogP contribution in [-0.4, -0.2) is 84.0 Å². The van der Waals surface area contributed by atoms with Crippen molar-refractivity contribution in [2.24, 2.45) is 0 Å². The number of benzene rings is 2. The van der Waals surface area contributed by atoms with Crippen molar-refractivity contribution in [1.29, 1.82) is 0 Å². The van der Waals surface area contributed by atoms with Gasteiger partial charge in [-0.2, -0.15) is 9.97 Å². The number of hydrogen-bond donors (Lipinski definition) is 1. The first-order valence-electron chi connectivity index (χ1n) is 14.6. The Morgan fingerprint density at radius 1 is 1.14 bits per heavy atom. The number of likely N-dealkylation sites (tertiary alicyclic amines) is 1. The van der Waals surface area contributed by atoms with Gasteiger partial charge in [0.1, 0.15) is 47.6 Å². The van der Waals surface area contributed by atoms with E-state index in [1.807, 2.05) is 11.9 Å². The molecule has 7 rings (SSSR count). The summed E-state index contributed by atoms with van der Waals surface area (Å²) in [5.41, 5.74) is 0.259. The summed E-state index contributed by atoms with van der Waals surface area (Å²) in [6.45, 7) is 4.14. The van der Waals surface area contributed by atoms with E-state index >= 15 is 4.39 Å². The maximum atomic E-state index is 16.8. The molecule has 0 unspecified atom stereocenters. The number of nitrogens with zero attached hydrogens (tertiary/aromatic N) is 5. The van der Waals surface area contributed by atoms with Crippen molar-refractivity contribution in [2.75, 3.05) is 44.8 Å². The summed E-state index contributed by atoms with van der Waals surface area (Å²) in [4.78, 5) is 18.0. The lowest BCUT2D eigenvalue weighted by Crippen LogP contribution is -2.58. The quantitative estimate of drug-likeness (QED) is 0.343. The van der Waals surface area contributed by atoms with E-state index in [4.69, 9.17) is 20.9 Å². The zero-order valence-corrected chi connectivity index (χ0v) is 23.9. The highest BCUT2D eigenvalue weighted by Gasteiger charge is 2.36. The van der Waals surface area contributed by atoms with E-state index in [9.17, 15) is 8.78 Å². The van der Waals surface area contributed by atoms with Crippen LogP contribution in [0.4, 0.5) is 19.0 Å². The molecule has 2 aromatic heterocycles. The molecule has 1 N–H and O–H groups in total. The van der Waals surface area contributed by atoms with Gasteiger partial charge in [0, 0.05) is 42.7 Å². The van der Waals surface area contributed by atoms with E-state index in [-0.39, 0.29) is 60.0 Å². The van der Waals surface area contributed by atoms with Gasteiger partial charge in [-0.15, -0.1) is 6.42 Å². The minimum Gasteiger partial charge on any atom is -0.475 e. The Bertz CT molecular complexity index is 1780. The van der Waals surface area contributed by atoms with E-state index in [0.717, 1.165) is 6.42 Å². The highest BCUT2D eigenvalue weighted by Crippen LogP contribution is 2.42. The smallest absolute Gasteiger partial charge is 0.319 e. The first-order valence-corrected chi connectivity index (χ1v) is 14.6. The van der Waals surface area contributed by atoms with Gasteiger partial charge in [0.15, 0.2) is 5.82 Å². The van der Waals surface area contributed by atoms with Gasteiger partial charge in [-0.25, -0.2) is 18.2 Å². The van der Waals surface area contributed by atoms with E-state index in [1.54, 1.807) is 24.3 Å². The molecule has 0 radical (unpaired) electrons. The third kappa shape index (κ3) is 4.69. The second-order valence-electron chi connectivity index (χ2n) is 11.5. The molecule has 222 valence electrons. The lowest BCUT2D eigenvalue weighted by molar-refractivity contribution is 0.188. The van der Waals surface area contributed by atoms with Gasteiger partial charge in [0.2, 0.25) is 5.88 Å². The van der Waals surface area contributed by atoms with Crippen LogP contribution in [0.15, 0.2) is 30.3 Å². The average molecular weight is 589 g/mol. The van der Waals surface area contributed by atoms with E-state index in [0.29, 0.717) is 53.6 Å². The van der Waals surface area contributed by atoms with Crippen LogP contribution in [-0.2, 0) is 0 Å². The number of nitrogens with one attached hydrogen (secondary N) is 1. The standard InChI is InChI=1S/C32H31F3N6O2/c1-4-19-14-41-21(12-36-19)16-42-31-26-29(38-32(39-30(26)41)43-15-20-11-18(33)13-40(20)3)27(35)28(37-31)23-8-6-7-17-9-10-24(34)22(5-2)25(17)23/h2,6-10,18-21,36H,4,11-16H2,1,3H3/t18-,19-,20+,21+/m1/s1. The Morgan fingerprint density at radius 2 is 2.00 bits per heavy atom. The Kier molecular flexibility index (Phi) is 6.98. The summed E-state index contributed by atoms with van der Waals surface area (Å²) in [6.07, 6.45) is 6.01. The number of anilines is 1. The molecular formula is C32H31F3N6O2. The molecule has 2 aromatic carbocycles. The number of hydrogen-bond acceptors (Lipinski definition) is 8. The normalized spacial score (nSPS) is 23.6. The van der Waals surface area contributed by atoms with Gasteiger partial charge in [-0.1, -0.05) is 37.1 Å². The molecule has 0 bridgehead atoms. The second-order valence-corrected chi connectivity index (χ2v) is 11.5. The van der Waals surface area contributed by atoms with Gasteiger partial charge >= 0.3 is 6.01 Å². The molecule has 11 heteroatoms. The third-order valence-corrected chi connectivity index (χ3v) is 8.83. The molecule has 2 saturated heterocycles. The molecule has 4 atom stereocenters. The monoisotopic (exact) mass is 588 g/mol. The fourth-order valence-electron chi connectivity index (χ4n) is 6.45. The number of fused-ring (bicyclic) bond motifs is 3. The fourth-order valence-corrected chi connectivity index (χ4v) is 6.45. The van der Waals surface area contributed by atoms with Gasteiger partial charge in [-0.3, -0.25) is 4.90 Å².